The Morgan fingerprint density at radius 1 is 1.11 bits per heavy atom. The number of aromatic nitrogens is 3. The molecule has 0 bridgehead atoms. The van der Waals surface area contributed by atoms with E-state index in [9.17, 15) is 9.90 Å². The minimum Gasteiger partial charge on any atom is -0.494 e. The zero-order valence-corrected chi connectivity index (χ0v) is 22.5. The number of hydrogen-bond acceptors (Lipinski definition) is 5. The van der Waals surface area contributed by atoms with Crippen LogP contribution < -0.4 is 4.74 Å². The zero-order chi connectivity index (χ0) is 25.3. The van der Waals surface area contributed by atoms with Gasteiger partial charge in [0.05, 0.1) is 18.2 Å². The van der Waals surface area contributed by atoms with Crippen LogP contribution >= 0.6 is 0 Å². The Morgan fingerprint density at radius 2 is 1.94 bits per heavy atom. The molecule has 0 unspecified atom stereocenters. The summed E-state index contributed by atoms with van der Waals surface area (Å²) in [5.41, 5.74) is 1.58. The molecule has 6 nitrogen and oxygen atoms in total. The minimum atomic E-state index is -0.486. The molecule has 0 spiro atoms. The molecule has 8 atom stereocenters. The Balaban J connectivity index is 1.23. The molecule has 4 aliphatic rings. The molecule has 4 fully saturated rings. The molecule has 1 heterocycles. The van der Waals surface area contributed by atoms with Gasteiger partial charge in [-0.1, -0.05) is 25.1 Å². The third kappa shape index (κ3) is 3.49. The highest BCUT2D eigenvalue weighted by Gasteiger charge is 2.62. The van der Waals surface area contributed by atoms with Crippen molar-refractivity contribution in [1.29, 1.82) is 0 Å². The normalized spacial score (nSPS) is 42.0. The lowest BCUT2D eigenvalue weighted by molar-refractivity contribution is -0.158. The molecule has 1 aromatic heterocycles. The first-order chi connectivity index (χ1) is 17.2. The molecule has 36 heavy (non-hydrogen) atoms. The molecule has 1 aromatic carbocycles. The van der Waals surface area contributed by atoms with Gasteiger partial charge in [-0.15, -0.1) is 5.10 Å². The fourth-order valence-corrected chi connectivity index (χ4v) is 9.98. The van der Waals surface area contributed by atoms with E-state index in [4.69, 9.17) is 4.74 Å². The second-order valence-electron chi connectivity index (χ2n) is 13.2. The fraction of sp³-hybridized carbons (Fsp3) is 0.767. The molecule has 0 amide bonds. The van der Waals surface area contributed by atoms with E-state index in [-0.39, 0.29) is 11.3 Å². The highest BCUT2D eigenvalue weighted by atomic mass is 16.5. The molecule has 1 N–H and O–H groups in total. The Labute approximate surface area is 215 Å². The van der Waals surface area contributed by atoms with E-state index < -0.39 is 5.60 Å². The maximum absolute atomic E-state index is 13.8. The molecule has 4 saturated carbocycles. The van der Waals surface area contributed by atoms with E-state index in [1.807, 2.05) is 18.2 Å². The smallest absolute Gasteiger partial charge is 0.157 e. The van der Waals surface area contributed by atoms with E-state index >= 15 is 0 Å². The minimum absolute atomic E-state index is 0.0915. The fourth-order valence-electron chi connectivity index (χ4n) is 9.98. The molecule has 6 heteroatoms. The molecule has 0 aliphatic heterocycles. The van der Waals surface area contributed by atoms with Gasteiger partial charge in [0, 0.05) is 5.92 Å². The number of fused-ring (bicyclic) bond motifs is 6. The van der Waals surface area contributed by atoms with Gasteiger partial charge in [0.25, 0.3) is 0 Å². The van der Waals surface area contributed by atoms with Crippen LogP contribution in [0, 0.1) is 40.4 Å². The van der Waals surface area contributed by atoms with Crippen LogP contribution in [0.5, 0.6) is 5.75 Å². The number of benzene rings is 1. The Kier molecular flexibility index (Phi) is 5.79. The number of nitrogens with zero attached hydrogens (tertiary/aromatic N) is 3. The van der Waals surface area contributed by atoms with Crippen LogP contribution in [0.3, 0.4) is 0 Å². The van der Waals surface area contributed by atoms with E-state index in [0.717, 1.165) is 48.6 Å². The zero-order valence-electron chi connectivity index (χ0n) is 22.5. The van der Waals surface area contributed by atoms with Crippen LogP contribution in [0.2, 0.25) is 0 Å². The monoisotopic (exact) mass is 493 g/mol. The average Bonchev–Trinajstić information content (AvgIpc) is 3.44. The number of aliphatic hydroxyl groups is 1. The lowest BCUT2D eigenvalue weighted by Crippen LogP contribution is -2.56. The predicted octanol–water partition coefficient (Wildman–Crippen LogP) is 5.81. The number of ketones is 1. The van der Waals surface area contributed by atoms with Crippen molar-refractivity contribution in [1.82, 2.24) is 15.0 Å². The highest BCUT2D eigenvalue weighted by molar-refractivity contribution is 5.85. The van der Waals surface area contributed by atoms with Crippen LogP contribution in [0.15, 0.2) is 18.2 Å². The van der Waals surface area contributed by atoms with Gasteiger partial charge in [-0.3, -0.25) is 4.79 Å². The summed E-state index contributed by atoms with van der Waals surface area (Å²) in [5, 5.41) is 19.5. The van der Waals surface area contributed by atoms with Crippen molar-refractivity contribution in [3.05, 3.63) is 18.2 Å². The Morgan fingerprint density at radius 3 is 2.72 bits per heavy atom. The molecule has 2 aromatic rings. The molecule has 4 aliphatic carbocycles. The summed E-state index contributed by atoms with van der Waals surface area (Å²) in [5.74, 6) is 3.92. The SMILES string of the molecule is CC[C@]12CC[C@@](C)(O)C[C@@H]1CC[C@H]1[C@@H]3CC[C@H](C(=O)Cn4nnc5c(OC)cccc54)[C@@]3(C)CC[C@@H]12. The number of carbonyl (C=O) groups is 1. The van der Waals surface area contributed by atoms with Crippen LogP contribution in [0.4, 0.5) is 0 Å². The summed E-state index contributed by atoms with van der Waals surface area (Å²) in [4.78, 5) is 13.8. The third-order valence-corrected chi connectivity index (χ3v) is 11.7. The molecule has 0 saturated heterocycles. The summed E-state index contributed by atoms with van der Waals surface area (Å²) in [6.45, 7) is 7.18. The van der Waals surface area contributed by atoms with E-state index in [1.165, 1.54) is 38.5 Å². The van der Waals surface area contributed by atoms with Crippen molar-refractivity contribution in [2.75, 3.05) is 7.11 Å². The van der Waals surface area contributed by atoms with Gasteiger partial charge in [-0.25, -0.2) is 4.68 Å². The van der Waals surface area contributed by atoms with Gasteiger partial charge in [0.15, 0.2) is 11.3 Å². The molecule has 0 radical (unpaired) electrons. The summed E-state index contributed by atoms with van der Waals surface area (Å²) in [6.07, 6.45) is 11.5. The molecule has 196 valence electrons. The first kappa shape index (κ1) is 24.4. The lowest BCUT2D eigenvalue weighted by Gasteiger charge is -2.63. The summed E-state index contributed by atoms with van der Waals surface area (Å²) < 4.78 is 7.21. The first-order valence-corrected chi connectivity index (χ1v) is 14.3. The second-order valence-corrected chi connectivity index (χ2v) is 13.2. The van der Waals surface area contributed by atoms with Gasteiger partial charge in [0.1, 0.15) is 12.3 Å². The lowest BCUT2D eigenvalue weighted by atomic mass is 9.42. The van der Waals surface area contributed by atoms with Crippen molar-refractivity contribution in [3.8, 4) is 5.75 Å². The van der Waals surface area contributed by atoms with E-state index in [2.05, 4.69) is 31.1 Å². The predicted molar refractivity (Wildman–Crippen MR) is 140 cm³/mol. The maximum atomic E-state index is 13.8. The molecular formula is C30H43N3O3. The maximum Gasteiger partial charge on any atom is 0.157 e. The number of rotatable bonds is 5. The van der Waals surface area contributed by atoms with Gasteiger partial charge in [-0.2, -0.15) is 0 Å². The molecule has 6 rings (SSSR count). The van der Waals surface area contributed by atoms with Crippen LogP contribution in [-0.4, -0.2) is 38.6 Å². The number of Topliss-reactive ketones (excluding diaryl/α,β-unsaturated/α-hetero) is 1. The summed E-state index contributed by atoms with van der Waals surface area (Å²) >= 11 is 0. The first-order valence-electron chi connectivity index (χ1n) is 14.3. The number of carbonyl (C=O) groups excluding carboxylic acids is 1. The third-order valence-electron chi connectivity index (χ3n) is 11.7. The van der Waals surface area contributed by atoms with Gasteiger partial charge in [0.2, 0.25) is 0 Å². The van der Waals surface area contributed by atoms with E-state index in [1.54, 1.807) is 11.8 Å². The van der Waals surface area contributed by atoms with Crippen molar-refractivity contribution in [2.45, 2.75) is 97.1 Å². The highest BCUT2D eigenvalue weighted by Crippen LogP contribution is 2.69. The van der Waals surface area contributed by atoms with Crippen molar-refractivity contribution < 1.29 is 14.6 Å². The molecular weight excluding hydrogens is 450 g/mol. The van der Waals surface area contributed by atoms with Crippen LogP contribution in [0.1, 0.15) is 85.0 Å². The van der Waals surface area contributed by atoms with Crippen LogP contribution in [0.25, 0.3) is 11.0 Å². The van der Waals surface area contributed by atoms with Crippen LogP contribution in [-0.2, 0) is 11.3 Å². The standard InChI is InChI=1S/C30H43N3O3/c1-5-30-16-15-28(2,35)17-19(30)9-10-20-21-11-12-23(29(21,3)14-13-22(20)30)25(34)18-33-24-7-6-8-26(36-4)27(24)31-32-33/h6-8,19-23,35H,5,9-18H2,1-4H3/t19-,20-,21-,22-,23+,28+,29-,30-/m0/s1. The largest absolute Gasteiger partial charge is 0.494 e. The Bertz CT molecular complexity index is 1160. The summed E-state index contributed by atoms with van der Waals surface area (Å²) in [7, 11) is 1.64. The topological polar surface area (TPSA) is 77.2 Å². The number of hydrogen-bond donors (Lipinski definition) is 1. The second kappa shape index (κ2) is 8.54. The van der Waals surface area contributed by atoms with Crippen molar-refractivity contribution in [3.63, 3.8) is 0 Å². The van der Waals surface area contributed by atoms with Gasteiger partial charge >= 0.3 is 0 Å². The quantitative estimate of drug-likeness (QED) is 0.569. The van der Waals surface area contributed by atoms with Gasteiger partial charge in [-0.05, 0) is 118 Å². The van der Waals surface area contributed by atoms with Gasteiger partial charge < -0.3 is 9.84 Å². The number of ether oxygens (including phenoxy) is 1. The average molecular weight is 494 g/mol. The van der Waals surface area contributed by atoms with E-state index in [0.29, 0.717) is 35.3 Å². The summed E-state index contributed by atoms with van der Waals surface area (Å²) in [6, 6.07) is 5.79. The van der Waals surface area contributed by atoms with Crippen molar-refractivity contribution >= 4 is 16.8 Å². The van der Waals surface area contributed by atoms with Crippen molar-refractivity contribution in [2.24, 2.45) is 40.4 Å². The number of methoxy groups -OCH3 is 1. The Hall–Kier alpha value is -1.95.